The maximum atomic E-state index is 13.3. The summed E-state index contributed by atoms with van der Waals surface area (Å²) >= 11 is 6.21. The van der Waals surface area contributed by atoms with Crippen LogP contribution in [0.15, 0.2) is 79.1 Å². The second-order valence-electron chi connectivity index (χ2n) is 9.12. The molecule has 3 aromatic carbocycles. The van der Waals surface area contributed by atoms with Crippen LogP contribution in [0.3, 0.4) is 0 Å². The van der Waals surface area contributed by atoms with E-state index in [1.165, 1.54) is 18.1 Å². The summed E-state index contributed by atoms with van der Waals surface area (Å²) in [5.74, 6) is -0.772. The van der Waals surface area contributed by atoms with Crippen molar-refractivity contribution in [2.24, 2.45) is 0 Å². The summed E-state index contributed by atoms with van der Waals surface area (Å²) in [7, 11) is 1.51. The Morgan fingerprint density at radius 3 is 2.50 bits per heavy atom. The van der Waals surface area contributed by atoms with Crippen LogP contribution in [-0.2, 0) is 27.1 Å². The van der Waals surface area contributed by atoms with Gasteiger partial charge in [0.2, 0.25) is 5.91 Å². The molecule has 218 valence electrons. The Morgan fingerprint density at radius 1 is 1.00 bits per heavy atom. The van der Waals surface area contributed by atoms with E-state index in [4.69, 9.17) is 21.1 Å². The van der Waals surface area contributed by atoms with Crippen LogP contribution in [0.1, 0.15) is 21.5 Å². The summed E-state index contributed by atoms with van der Waals surface area (Å²) in [5, 5.41) is 20.2. The zero-order chi connectivity index (χ0) is 29.7. The van der Waals surface area contributed by atoms with E-state index in [1.54, 1.807) is 42.5 Å². The lowest BCUT2D eigenvalue weighted by atomic mass is 10.0. The average molecular weight is 592 g/mol. The van der Waals surface area contributed by atoms with Crippen molar-refractivity contribution in [3.8, 4) is 5.69 Å². The quantitative estimate of drug-likeness (QED) is 0.201. The molecule has 1 heterocycles. The number of nitrogens with one attached hydrogen (secondary N) is 3. The Labute approximate surface area is 247 Å². The Balaban J connectivity index is 1.39. The second-order valence-corrected chi connectivity index (χ2v) is 9.55. The third-order valence-electron chi connectivity index (χ3n) is 6.15. The molecule has 0 aliphatic carbocycles. The van der Waals surface area contributed by atoms with Gasteiger partial charge in [0.15, 0.2) is 0 Å². The van der Waals surface area contributed by atoms with Gasteiger partial charge in [0, 0.05) is 36.3 Å². The predicted octanol–water partition coefficient (Wildman–Crippen LogP) is 3.21. The molecule has 0 radical (unpaired) electrons. The fourth-order valence-electron chi connectivity index (χ4n) is 4.07. The first-order chi connectivity index (χ1) is 20.4. The molecule has 4 aromatic rings. The molecule has 0 fully saturated rings. The number of benzene rings is 3. The molecule has 0 bridgehead atoms. The van der Waals surface area contributed by atoms with Crippen LogP contribution in [0.5, 0.6) is 0 Å². The van der Waals surface area contributed by atoms with Gasteiger partial charge in [0.05, 0.1) is 12.3 Å². The van der Waals surface area contributed by atoms with E-state index in [-0.39, 0.29) is 25.7 Å². The largest absolute Gasteiger partial charge is 0.447 e. The lowest BCUT2D eigenvalue weighted by Crippen LogP contribution is -2.48. The Morgan fingerprint density at radius 2 is 1.79 bits per heavy atom. The van der Waals surface area contributed by atoms with Crippen molar-refractivity contribution in [2.45, 2.75) is 18.9 Å². The summed E-state index contributed by atoms with van der Waals surface area (Å²) in [6.07, 6.45) is 1.59. The zero-order valence-electron chi connectivity index (χ0n) is 22.8. The standard InChI is InChI=1S/C29H30ClN7O5/c1-41-15-16-42-29(40)33-24-10-7-21(8-11-24)27(38)34-25(17-20-5-3-2-4-6-20)28(39)31-14-13-22-18-23(30)9-12-26(22)37-19-32-35-36-37/h2-12,18-19,25H,13-17H2,1H3,(H,31,39)(H,33,40)(H,34,38)/t25-/m0/s1. The molecular formula is C29H30ClN7O5. The number of ether oxygens (including phenoxy) is 2. The molecule has 4 rings (SSSR count). The van der Waals surface area contributed by atoms with Crippen LogP contribution in [0, 0.1) is 0 Å². The number of aromatic nitrogens is 4. The minimum absolute atomic E-state index is 0.118. The van der Waals surface area contributed by atoms with Crippen LogP contribution in [-0.4, -0.2) is 71.0 Å². The van der Waals surface area contributed by atoms with Crippen LogP contribution in [0.2, 0.25) is 5.02 Å². The number of carbonyl (C=O) groups excluding carboxylic acids is 3. The molecule has 0 aliphatic heterocycles. The number of hydrogen-bond donors (Lipinski definition) is 3. The fraction of sp³-hybridized carbons (Fsp3) is 0.241. The average Bonchev–Trinajstić information content (AvgIpc) is 3.53. The van der Waals surface area contributed by atoms with Gasteiger partial charge in [-0.05, 0) is 70.4 Å². The zero-order valence-corrected chi connectivity index (χ0v) is 23.6. The number of tetrazole rings is 1. The Kier molecular flexibility index (Phi) is 11.0. The molecule has 0 aliphatic rings. The highest BCUT2D eigenvalue weighted by Crippen LogP contribution is 2.19. The van der Waals surface area contributed by atoms with Crippen molar-refractivity contribution in [3.63, 3.8) is 0 Å². The minimum atomic E-state index is -0.841. The van der Waals surface area contributed by atoms with Gasteiger partial charge in [-0.25, -0.2) is 9.48 Å². The van der Waals surface area contributed by atoms with E-state index >= 15 is 0 Å². The Bertz CT molecular complexity index is 1470. The van der Waals surface area contributed by atoms with Gasteiger partial charge in [0.1, 0.15) is 19.0 Å². The third-order valence-corrected chi connectivity index (χ3v) is 6.38. The van der Waals surface area contributed by atoms with Gasteiger partial charge in [0.25, 0.3) is 5.91 Å². The Hall–Kier alpha value is -4.81. The molecule has 0 spiro atoms. The van der Waals surface area contributed by atoms with Crippen LogP contribution >= 0.6 is 11.6 Å². The lowest BCUT2D eigenvalue weighted by molar-refractivity contribution is -0.122. The highest BCUT2D eigenvalue weighted by molar-refractivity contribution is 6.30. The molecule has 3 N–H and O–H groups in total. The molecule has 0 unspecified atom stereocenters. The summed E-state index contributed by atoms with van der Waals surface area (Å²) in [6, 6.07) is 20.2. The van der Waals surface area contributed by atoms with Crippen LogP contribution in [0.4, 0.5) is 10.5 Å². The van der Waals surface area contributed by atoms with Gasteiger partial charge in [-0.3, -0.25) is 14.9 Å². The highest BCUT2D eigenvalue weighted by atomic mass is 35.5. The maximum absolute atomic E-state index is 13.3. The summed E-state index contributed by atoms with van der Waals surface area (Å²) in [6.45, 7) is 0.691. The van der Waals surface area contributed by atoms with Crippen molar-refractivity contribution in [3.05, 3.63) is 101 Å². The van der Waals surface area contributed by atoms with E-state index in [9.17, 15) is 14.4 Å². The lowest BCUT2D eigenvalue weighted by Gasteiger charge is -2.19. The minimum Gasteiger partial charge on any atom is -0.447 e. The van der Waals surface area contributed by atoms with Crippen LogP contribution < -0.4 is 16.0 Å². The number of rotatable bonds is 13. The molecule has 3 amide bonds. The first kappa shape index (κ1) is 30.2. The molecular weight excluding hydrogens is 562 g/mol. The van der Waals surface area contributed by atoms with Gasteiger partial charge >= 0.3 is 6.09 Å². The van der Waals surface area contributed by atoms with Crippen molar-refractivity contribution in [2.75, 3.05) is 32.2 Å². The van der Waals surface area contributed by atoms with Gasteiger partial charge in [-0.2, -0.15) is 0 Å². The van der Waals surface area contributed by atoms with E-state index in [0.29, 0.717) is 29.1 Å². The summed E-state index contributed by atoms with van der Waals surface area (Å²) < 4.78 is 11.3. The first-order valence-corrected chi connectivity index (χ1v) is 13.5. The number of hydrogen-bond acceptors (Lipinski definition) is 8. The van der Waals surface area contributed by atoms with Crippen molar-refractivity contribution < 1.29 is 23.9 Å². The van der Waals surface area contributed by atoms with E-state index in [1.807, 2.05) is 30.3 Å². The van der Waals surface area contributed by atoms with E-state index < -0.39 is 18.0 Å². The highest BCUT2D eigenvalue weighted by Gasteiger charge is 2.22. The van der Waals surface area contributed by atoms with Crippen molar-refractivity contribution in [1.29, 1.82) is 0 Å². The smallest absolute Gasteiger partial charge is 0.411 e. The fourth-order valence-corrected chi connectivity index (χ4v) is 4.26. The molecule has 12 nitrogen and oxygen atoms in total. The number of methoxy groups -OCH3 is 1. The monoisotopic (exact) mass is 591 g/mol. The number of anilines is 1. The van der Waals surface area contributed by atoms with Gasteiger partial charge in [-0.15, -0.1) is 5.10 Å². The van der Waals surface area contributed by atoms with Crippen LogP contribution in [0.25, 0.3) is 5.69 Å². The van der Waals surface area contributed by atoms with Crippen molar-refractivity contribution >= 4 is 35.2 Å². The number of halogens is 1. The SMILES string of the molecule is COCCOC(=O)Nc1ccc(C(=O)N[C@@H](Cc2ccccc2)C(=O)NCCc2cc(Cl)ccc2-n2cnnn2)cc1. The normalized spacial score (nSPS) is 11.4. The number of amides is 3. The van der Waals surface area contributed by atoms with Crippen molar-refractivity contribution in [1.82, 2.24) is 30.8 Å². The van der Waals surface area contributed by atoms with E-state index in [0.717, 1.165) is 16.8 Å². The predicted molar refractivity (Wildman–Crippen MR) is 156 cm³/mol. The molecule has 1 aromatic heterocycles. The first-order valence-electron chi connectivity index (χ1n) is 13.1. The molecule has 0 saturated carbocycles. The second kappa shape index (κ2) is 15.3. The summed E-state index contributed by atoms with van der Waals surface area (Å²) in [5.41, 5.74) is 3.25. The number of nitrogens with zero attached hydrogens (tertiary/aromatic N) is 4. The molecule has 13 heteroatoms. The third kappa shape index (κ3) is 8.85. The number of carbonyl (C=O) groups is 3. The van der Waals surface area contributed by atoms with Gasteiger partial charge in [-0.1, -0.05) is 41.9 Å². The van der Waals surface area contributed by atoms with E-state index in [2.05, 4.69) is 31.5 Å². The molecule has 1 atom stereocenters. The summed E-state index contributed by atoms with van der Waals surface area (Å²) in [4.78, 5) is 38.3. The van der Waals surface area contributed by atoms with Gasteiger partial charge < -0.3 is 20.1 Å². The molecule has 42 heavy (non-hydrogen) atoms. The maximum Gasteiger partial charge on any atom is 0.411 e. The molecule has 0 saturated heterocycles. The topological polar surface area (TPSA) is 149 Å².